The molecule has 3 heteroatoms. The Bertz CT molecular complexity index is 265. The SMILES string of the molecule is C[C@@H](OC[C@@H]1CCCNC1)c1ccco1. The monoisotopic (exact) mass is 209 g/mol. The summed E-state index contributed by atoms with van der Waals surface area (Å²) in [6, 6.07) is 3.86. The number of hydrogen-bond acceptors (Lipinski definition) is 3. The standard InChI is InChI=1S/C12H19NO2/c1-10(12-5-3-7-14-12)15-9-11-4-2-6-13-8-11/h3,5,7,10-11,13H,2,4,6,8-9H2,1H3/t10-,11-/m1/s1. The Morgan fingerprint density at radius 2 is 2.60 bits per heavy atom. The molecule has 2 heterocycles. The van der Waals surface area contributed by atoms with Gasteiger partial charge in [0.05, 0.1) is 12.9 Å². The third-order valence-electron chi connectivity index (χ3n) is 2.92. The molecule has 1 saturated heterocycles. The average Bonchev–Trinajstić information content (AvgIpc) is 2.81. The molecule has 0 aliphatic carbocycles. The van der Waals surface area contributed by atoms with E-state index in [1.165, 1.54) is 12.8 Å². The molecule has 1 aliphatic rings. The van der Waals surface area contributed by atoms with Crippen LogP contribution in [-0.4, -0.2) is 19.7 Å². The van der Waals surface area contributed by atoms with E-state index < -0.39 is 0 Å². The fourth-order valence-electron chi connectivity index (χ4n) is 1.95. The van der Waals surface area contributed by atoms with Gasteiger partial charge in [0.25, 0.3) is 0 Å². The molecular weight excluding hydrogens is 190 g/mol. The summed E-state index contributed by atoms with van der Waals surface area (Å²) in [5.74, 6) is 1.58. The van der Waals surface area contributed by atoms with Crippen LogP contribution in [-0.2, 0) is 4.74 Å². The van der Waals surface area contributed by atoms with Gasteiger partial charge in [0.2, 0.25) is 0 Å². The van der Waals surface area contributed by atoms with Gasteiger partial charge in [0.1, 0.15) is 11.9 Å². The van der Waals surface area contributed by atoms with E-state index in [4.69, 9.17) is 9.15 Å². The van der Waals surface area contributed by atoms with E-state index >= 15 is 0 Å². The van der Waals surface area contributed by atoms with Gasteiger partial charge in [-0.15, -0.1) is 0 Å². The van der Waals surface area contributed by atoms with Crippen molar-refractivity contribution in [3.05, 3.63) is 24.2 Å². The van der Waals surface area contributed by atoms with Gasteiger partial charge < -0.3 is 14.5 Å². The van der Waals surface area contributed by atoms with Crippen molar-refractivity contribution in [2.24, 2.45) is 5.92 Å². The Balaban J connectivity index is 1.73. The number of nitrogens with one attached hydrogen (secondary N) is 1. The molecule has 0 radical (unpaired) electrons. The van der Waals surface area contributed by atoms with Crippen LogP contribution in [0.25, 0.3) is 0 Å². The molecule has 15 heavy (non-hydrogen) atoms. The van der Waals surface area contributed by atoms with Crippen LogP contribution in [0.15, 0.2) is 22.8 Å². The molecule has 0 amide bonds. The highest BCUT2D eigenvalue weighted by Crippen LogP contribution is 2.19. The zero-order valence-electron chi connectivity index (χ0n) is 9.24. The minimum atomic E-state index is 0.0712. The zero-order valence-corrected chi connectivity index (χ0v) is 9.24. The quantitative estimate of drug-likeness (QED) is 0.826. The summed E-state index contributed by atoms with van der Waals surface area (Å²) < 4.78 is 11.1. The van der Waals surface area contributed by atoms with Crippen molar-refractivity contribution in [1.82, 2.24) is 5.32 Å². The first-order valence-electron chi connectivity index (χ1n) is 5.72. The molecule has 0 bridgehead atoms. The van der Waals surface area contributed by atoms with Gasteiger partial charge in [-0.25, -0.2) is 0 Å². The van der Waals surface area contributed by atoms with Crippen LogP contribution < -0.4 is 5.32 Å². The molecule has 1 aromatic rings. The lowest BCUT2D eigenvalue weighted by molar-refractivity contribution is 0.0217. The van der Waals surface area contributed by atoms with Gasteiger partial charge in [-0.1, -0.05) is 0 Å². The fraction of sp³-hybridized carbons (Fsp3) is 0.667. The van der Waals surface area contributed by atoms with Crippen molar-refractivity contribution in [3.63, 3.8) is 0 Å². The Morgan fingerprint density at radius 3 is 3.27 bits per heavy atom. The summed E-state index contributed by atoms with van der Waals surface area (Å²) in [5, 5.41) is 3.39. The predicted molar refractivity (Wildman–Crippen MR) is 58.7 cm³/mol. The molecule has 2 atom stereocenters. The molecule has 1 aliphatic heterocycles. The summed E-state index contributed by atoms with van der Waals surface area (Å²) in [6.45, 7) is 5.11. The van der Waals surface area contributed by atoms with Crippen molar-refractivity contribution in [1.29, 1.82) is 0 Å². The van der Waals surface area contributed by atoms with E-state index in [1.54, 1.807) is 6.26 Å². The van der Waals surface area contributed by atoms with Gasteiger partial charge in [0.15, 0.2) is 0 Å². The highest BCUT2D eigenvalue weighted by Gasteiger charge is 2.15. The number of furan rings is 1. The van der Waals surface area contributed by atoms with Crippen LogP contribution in [0.1, 0.15) is 31.6 Å². The first-order chi connectivity index (χ1) is 7.36. The van der Waals surface area contributed by atoms with E-state index in [0.717, 1.165) is 25.5 Å². The van der Waals surface area contributed by atoms with Gasteiger partial charge >= 0.3 is 0 Å². The maximum absolute atomic E-state index is 5.79. The molecule has 0 unspecified atom stereocenters. The largest absolute Gasteiger partial charge is 0.467 e. The summed E-state index contributed by atoms with van der Waals surface area (Å²) >= 11 is 0. The van der Waals surface area contributed by atoms with Crippen molar-refractivity contribution < 1.29 is 9.15 Å². The van der Waals surface area contributed by atoms with Crippen LogP contribution in [0.3, 0.4) is 0 Å². The van der Waals surface area contributed by atoms with Gasteiger partial charge in [-0.2, -0.15) is 0 Å². The maximum Gasteiger partial charge on any atom is 0.132 e. The molecule has 0 aromatic carbocycles. The second-order valence-electron chi connectivity index (χ2n) is 4.20. The summed E-state index contributed by atoms with van der Waals surface area (Å²) in [7, 11) is 0. The van der Waals surface area contributed by atoms with Crippen LogP contribution in [0.2, 0.25) is 0 Å². The van der Waals surface area contributed by atoms with Gasteiger partial charge in [-0.3, -0.25) is 0 Å². The number of ether oxygens (including phenoxy) is 1. The van der Waals surface area contributed by atoms with Crippen molar-refractivity contribution in [3.8, 4) is 0 Å². The highest BCUT2D eigenvalue weighted by atomic mass is 16.5. The average molecular weight is 209 g/mol. The topological polar surface area (TPSA) is 34.4 Å². The number of hydrogen-bond donors (Lipinski definition) is 1. The van der Waals surface area contributed by atoms with Gasteiger partial charge in [-0.05, 0) is 44.4 Å². The smallest absolute Gasteiger partial charge is 0.132 e. The second-order valence-corrected chi connectivity index (χ2v) is 4.20. The minimum Gasteiger partial charge on any atom is -0.467 e. The van der Waals surface area contributed by atoms with Crippen LogP contribution in [0.5, 0.6) is 0 Å². The fourth-order valence-corrected chi connectivity index (χ4v) is 1.95. The lowest BCUT2D eigenvalue weighted by atomic mass is 10.0. The first-order valence-corrected chi connectivity index (χ1v) is 5.72. The number of rotatable bonds is 4. The highest BCUT2D eigenvalue weighted by molar-refractivity contribution is 5.00. The summed E-state index contributed by atoms with van der Waals surface area (Å²) in [5.41, 5.74) is 0. The van der Waals surface area contributed by atoms with Crippen molar-refractivity contribution in [2.45, 2.75) is 25.9 Å². The van der Waals surface area contributed by atoms with E-state index in [-0.39, 0.29) is 6.10 Å². The molecule has 3 nitrogen and oxygen atoms in total. The summed E-state index contributed by atoms with van der Waals surface area (Å²) in [6.07, 6.45) is 4.31. The maximum atomic E-state index is 5.79. The van der Waals surface area contributed by atoms with Crippen molar-refractivity contribution >= 4 is 0 Å². The molecule has 2 rings (SSSR count). The molecule has 0 spiro atoms. The van der Waals surface area contributed by atoms with E-state index in [0.29, 0.717) is 5.92 Å². The minimum absolute atomic E-state index is 0.0712. The second kappa shape index (κ2) is 5.33. The third kappa shape index (κ3) is 3.08. The van der Waals surface area contributed by atoms with Gasteiger partial charge in [0, 0.05) is 6.54 Å². The molecule has 1 aromatic heterocycles. The lowest BCUT2D eigenvalue weighted by Gasteiger charge is -2.23. The normalized spacial score (nSPS) is 23.9. The Hall–Kier alpha value is -0.800. The molecular formula is C12H19NO2. The van der Waals surface area contributed by atoms with Crippen LogP contribution in [0.4, 0.5) is 0 Å². The van der Waals surface area contributed by atoms with Crippen molar-refractivity contribution in [2.75, 3.05) is 19.7 Å². The Morgan fingerprint density at radius 1 is 1.67 bits per heavy atom. The Labute approximate surface area is 90.8 Å². The van der Waals surface area contributed by atoms with Crippen LogP contribution >= 0.6 is 0 Å². The van der Waals surface area contributed by atoms with E-state index in [9.17, 15) is 0 Å². The van der Waals surface area contributed by atoms with Crippen LogP contribution in [0, 0.1) is 5.92 Å². The summed E-state index contributed by atoms with van der Waals surface area (Å²) in [4.78, 5) is 0. The molecule has 84 valence electrons. The van der Waals surface area contributed by atoms with E-state index in [2.05, 4.69) is 5.32 Å². The zero-order chi connectivity index (χ0) is 10.5. The van der Waals surface area contributed by atoms with E-state index in [1.807, 2.05) is 19.1 Å². The first kappa shape index (κ1) is 10.7. The lowest BCUT2D eigenvalue weighted by Crippen LogP contribution is -2.32. The Kier molecular flexibility index (Phi) is 3.80. The third-order valence-corrected chi connectivity index (χ3v) is 2.92. The molecule has 0 saturated carbocycles. The predicted octanol–water partition coefficient (Wildman–Crippen LogP) is 2.36. The molecule has 1 N–H and O–H groups in total. The number of piperidine rings is 1. The molecule has 1 fully saturated rings.